The minimum atomic E-state index is -0.300. The van der Waals surface area contributed by atoms with Crippen molar-refractivity contribution in [2.45, 2.75) is 26.3 Å². The lowest BCUT2D eigenvalue weighted by atomic mass is 10.0. The molecule has 1 heterocycles. The van der Waals surface area contributed by atoms with Gasteiger partial charge in [-0.3, -0.25) is 4.79 Å². The highest BCUT2D eigenvalue weighted by molar-refractivity contribution is 5.95. The molecule has 1 aromatic heterocycles. The molecule has 3 rings (SSSR count). The summed E-state index contributed by atoms with van der Waals surface area (Å²) in [6.45, 7) is 4.81. The normalized spacial score (nSPS) is 11.9. The van der Waals surface area contributed by atoms with Crippen molar-refractivity contribution in [3.05, 3.63) is 89.4 Å². The monoisotopic (exact) mass is 349 g/mol. The molecule has 4 heteroatoms. The van der Waals surface area contributed by atoms with Crippen molar-refractivity contribution in [1.29, 1.82) is 0 Å². The molecule has 0 saturated carbocycles. The summed E-state index contributed by atoms with van der Waals surface area (Å²) in [5.74, 6) is 0.923. The number of rotatable bonds is 7. The Hall–Kier alpha value is -2.85. The average Bonchev–Trinajstić information content (AvgIpc) is 3.16. The maximum Gasteiger partial charge on any atom is 0.287 e. The Morgan fingerprint density at radius 3 is 2.62 bits per heavy atom. The predicted octanol–water partition coefficient (Wildman–Crippen LogP) is 3.38. The first-order valence-electron chi connectivity index (χ1n) is 8.92. The summed E-state index contributed by atoms with van der Waals surface area (Å²) in [6.07, 6.45) is 2.46. The van der Waals surface area contributed by atoms with Crippen LogP contribution in [0, 0.1) is 13.8 Å². The Morgan fingerprint density at radius 1 is 1.08 bits per heavy atom. The van der Waals surface area contributed by atoms with Gasteiger partial charge in [-0.2, -0.15) is 0 Å². The fraction of sp³-hybridized carbons (Fsp3) is 0.227. The van der Waals surface area contributed by atoms with E-state index in [4.69, 9.17) is 4.42 Å². The van der Waals surface area contributed by atoms with E-state index < -0.39 is 0 Å². The summed E-state index contributed by atoms with van der Waals surface area (Å²) < 4.78 is 5.39. The fourth-order valence-electron chi connectivity index (χ4n) is 2.98. The minimum Gasteiger partial charge on any atom is -0.469 e. The molecule has 4 nitrogen and oxygen atoms in total. The second-order valence-electron chi connectivity index (χ2n) is 6.55. The third kappa shape index (κ3) is 4.61. The van der Waals surface area contributed by atoms with Crippen molar-refractivity contribution in [3.8, 4) is 0 Å². The molecular weight excluding hydrogens is 324 g/mol. The first-order chi connectivity index (χ1) is 12.6. The third-order valence-electron chi connectivity index (χ3n) is 4.47. The summed E-state index contributed by atoms with van der Waals surface area (Å²) in [5.41, 5.74) is 4.06. The van der Waals surface area contributed by atoms with Crippen LogP contribution in [0.25, 0.3) is 0 Å². The molecule has 1 amide bonds. The molecular formula is C22H25N2O2+. The van der Waals surface area contributed by atoms with Crippen LogP contribution in [0.1, 0.15) is 28.5 Å². The Bertz CT molecular complexity index is 842. The number of furan rings is 1. The van der Waals surface area contributed by atoms with Gasteiger partial charge in [0.25, 0.3) is 5.91 Å². The molecule has 0 bridgehead atoms. The van der Waals surface area contributed by atoms with Crippen molar-refractivity contribution in [2.24, 2.45) is 0 Å². The van der Waals surface area contributed by atoms with E-state index in [9.17, 15) is 4.79 Å². The molecule has 0 aliphatic carbocycles. The van der Waals surface area contributed by atoms with E-state index in [0.29, 0.717) is 0 Å². The average molecular weight is 349 g/mol. The van der Waals surface area contributed by atoms with Gasteiger partial charge in [0.05, 0.1) is 19.2 Å². The molecule has 0 unspecified atom stereocenters. The largest absolute Gasteiger partial charge is 0.469 e. The van der Waals surface area contributed by atoms with Gasteiger partial charge in [-0.25, -0.2) is 0 Å². The van der Waals surface area contributed by atoms with Crippen molar-refractivity contribution in [1.82, 2.24) is 0 Å². The van der Waals surface area contributed by atoms with Crippen LogP contribution in [-0.4, -0.2) is 12.5 Å². The molecule has 0 saturated heterocycles. The zero-order valence-electron chi connectivity index (χ0n) is 15.2. The number of benzene rings is 2. The number of carbonyl (C=O) groups is 1. The molecule has 0 aliphatic heterocycles. The van der Waals surface area contributed by atoms with Crippen molar-refractivity contribution in [3.63, 3.8) is 0 Å². The molecule has 0 spiro atoms. The van der Waals surface area contributed by atoms with Gasteiger partial charge in [-0.05, 0) is 43.2 Å². The molecule has 1 atom stereocenters. The predicted molar refractivity (Wildman–Crippen MR) is 103 cm³/mol. The molecule has 2 aromatic carbocycles. The van der Waals surface area contributed by atoms with E-state index >= 15 is 0 Å². The number of nitrogens with two attached hydrogens (primary N) is 1. The maximum atomic E-state index is 13.0. The number of amides is 1. The number of aryl methyl sites for hydroxylation is 2. The number of carbonyl (C=O) groups excluding carboxylic acids is 1. The van der Waals surface area contributed by atoms with Crippen LogP contribution in [-0.2, 0) is 11.2 Å². The number of nitrogens with one attached hydrogen (secondary N) is 1. The van der Waals surface area contributed by atoms with Gasteiger partial charge in [0, 0.05) is 11.3 Å². The SMILES string of the molecule is Cc1ccc(C)c(NC(=O)[C@@H]([NH2+]CCc2ccco2)c2ccccc2)c1. The molecule has 0 fully saturated rings. The van der Waals surface area contributed by atoms with E-state index in [0.717, 1.165) is 41.1 Å². The van der Waals surface area contributed by atoms with Crippen LogP contribution < -0.4 is 10.6 Å². The number of hydrogen-bond donors (Lipinski definition) is 2. The Balaban J connectivity index is 1.73. The van der Waals surface area contributed by atoms with Crippen LogP contribution in [0.2, 0.25) is 0 Å². The highest BCUT2D eigenvalue weighted by atomic mass is 16.3. The Morgan fingerprint density at radius 2 is 1.88 bits per heavy atom. The highest BCUT2D eigenvalue weighted by Gasteiger charge is 2.24. The summed E-state index contributed by atoms with van der Waals surface area (Å²) in [4.78, 5) is 13.0. The van der Waals surface area contributed by atoms with Gasteiger partial charge in [0.2, 0.25) is 0 Å². The molecule has 0 aliphatic rings. The Labute approximate surface area is 154 Å². The molecule has 134 valence electrons. The smallest absolute Gasteiger partial charge is 0.287 e. The number of anilines is 1. The molecule has 3 N–H and O–H groups in total. The van der Waals surface area contributed by atoms with E-state index in [-0.39, 0.29) is 11.9 Å². The summed E-state index contributed by atoms with van der Waals surface area (Å²) in [5, 5.41) is 5.17. The lowest BCUT2D eigenvalue weighted by molar-refractivity contribution is -0.682. The first-order valence-corrected chi connectivity index (χ1v) is 8.92. The van der Waals surface area contributed by atoms with Crippen LogP contribution >= 0.6 is 0 Å². The van der Waals surface area contributed by atoms with Crippen LogP contribution in [0.15, 0.2) is 71.3 Å². The third-order valence-corrected chi connectivity index (χ3v) is 4.47. The van der Waals surface area contributed by atoms with Gasteiger partial charge < -0.3 is 15.1 Å². The number of hydrogen-bond acceptors (Lipinski definition) is 2. The van der Waals surface area contributed by atoms with Gasteiger partial charge >= 0.3 is 0 Å². The zero-order valence-corrected chi connectivity index (χ0v) is 15.2. The van der Waals surface area contributed by atoms with Gasteiger partial charge in [0.1, 0.15) is 5.76 Å². The van der Waals surface area contributed by atoms with Gasteiger partial charge in [-0.1, -0.05) is 42.5 Å². The van der Waals surface area contributed by atoms with E-state index in [1.165, 1.54) is 0 Å². The first kappa shape index (κ1) is 18.0. The quantitative estimate of drug-likeness (QED) is 0.687. The summed E-state index contributed by atoms with van der Waals surface area (Å²) >= 11 is 0. The van der Waals surface area contributed by atoms with Gasteiger partial charge in [0.15, 0.2) is 6.04 Å². The van der Waals surface area contributed by atoms with Crippen LogP contribution in [0.4, 0.5) is 5.69 Å². The zero-order chi connectivity index (χ0) is 18.4. The van der Waals surface area contributed by atoms with Crippen molar-refractivity contribution >= 4 is 11.6 Å². The minimum absolute atomic E-state index is 0.00987. The highest BCUT2D eigenvalue weighted by Crippen LogP contribution is 2.18. The van der Waals surface area contributed by atoms with E-state index in [1.54, 1.807) is 6.26 Å². The fourth-order valence-corrected chi connectivity index (χ4v) is 2.98. The summed E-state index contributed by atoms with van der Waals surface area (Å²) in [6, 6.07) is 19.5. The van der Waals surface area contributed by atoms with Crippen molar-refractivity contribution in [2.75, 3.05) is 11.9 Å². The second-order valence-corrected chi connectivity index (χ2v) is 6.55. The second kappa shape index (κ2) is 8.50. The lowest BCUT2D eigenvalue weighted by Crippen LogP contribution is -2.87. The molecule has 0 radical (unpaired) electrons. The Kier molecular flexibility index (Phi) is 5.87. The number of quaternary nitrogens is 1. The topological polar surface area (TPSA) is 58.9 Å². The van der Waals surface area contributed by atoms with Crippen LogP contribution in [0.5, 0.6) is 0 Å². The van der Waals surface area contributed by atoms with Crippen LogP contribution in [0.3, 0.4) is 0 Å². The molecule has 3 aromatic rings. The van der Waals surface area contributed by atoms with E-state index in [2.05, 4.69) is 16.7 Å². The van der Waals surface area contributed by atoms with E-state index in [1.807, 2.05) is 68.4 Å². The lowest BCUT2D eigenvalue weighted by Gasteiger charge is -2.17. The van der Waals surface area contributed by atoms with Gasteiger partial charge in [-0.15, -0.1) is 0 Å². The maximum absolute atomic E-state index is 13.0. The molecule has 26 heavy (non-hydrogen) atoms. The van der Waals surface area contributed by atoms with Crippen molar-refractivity contribution < 1.29 is 14.5 Å². The summed E-state index contributed by atoms with van der Waals surface area (Å²) in [7, 11) is 0. The standard InChI is InChI=1S/C22H24N2O2/c1-16-10-11-17(2)20(15-16)24-22(25)21(18-7-4-3-5-8-18)23-13-12-19-9-6-14-26-19/h3-11,14-15,21,23H,12-13H2,1-2H3,(H,24,25)/p+1/t21-/m0/s1.